The summed E-state index contributed by atoms with van der Waals surface area (Å²) in [6.07, 6.45) is 2.28. The van der Waals surface area contributed by atoms with Gasteiger partial charge in [-0.1, -0.05) is 37.6 Å². The molecule has 0 heterocycles. The van der Waals surface area contributed by atoms with E-state index in [0.717, 1.165) is 18.4 Å². The molecule has 144 valence electrons. The van der Waals surface area contributed by atoms with E-state index in [4.69, 9.17) is 4.74 Å². The molecule has 0 saturated heterocycles. The van der Waals surface area contributed by atoms with Gasteiger partial charge in [0, 0.05) is 13.1 Å². The molecule has 2 aromatic carbocycles. The Balaban J connectivity index is 1.58. The van der Waals surface area contributed by atoms with E-state index in [1.54, 1.807) is 12.1 Å². The van der Waals surface area contributed by atoms with Gasteiger partial charge in [0.25, 0.3) is 5.91 Å². The molecule has 0 radical (unpaired) electrons. The molecule has 0 spiro atoms. The van der Waals surface area contributed by atoms with Crippen molar-refractivity contribution in [3.05, 3.63) is 65.5 Å². The highest BCUT2D eigenvalue weighted by Gasteiger charge is 2.05. The van der Waals surface area contributed by atoms with Crippen LogP contribution in [0.5, 0.6) is 5.75 Å². The zero-order valence-electron chi connectivity index (χ0n) is 15.5. The summed E-state index contributed by atoms with van der Waals surface area (Å²) >= 11 is 0. The zero-order valence-corrected chi connectivity index (χ0v) is 15.5. The van der Waals surface area contributed by atoms with Crippen molar-refractivity contribution >= 4 is 11.8 Å². The third kappa shape index (κ3) is 7.90. The topological polar surface area (TPSA) is 67.4 Å². The van der Waals surface area contributed by atoms with Crippen molar-refractivity contribution in [3.63, 3.8) is 0 Å². The molecule has 27 heavy (non-hydrogen) atoms. The molecule has 0 aliphatic rings. The number of carbonyl (C=O) groups is 2. The fraction of sp³-hybridized carbons (Fsp3) is 0.333. The molecule has 0 aromatic heterocycles. The largest absolute Gasteiger partial charge is 0.484 e. The fourth-order valence-corrected chi connectivity index (χ4v) is 2.49. The number of benzene rings is 2. The lowest BCUT2D eigenvalue weighted by molar-refractivity contribution is -0.124. The quantitative estimate of drug-likeness (QED) is 0.630. The molecular weight excluding hydrogens is 347 g/mol. The third-order valence-electron chi connectivity index (χ3n) is 3.88. The van der Waals surface area contributed by atoms with Crippen LogP contribution < -0.4 is 15.4 Å². The first-order valence-corrected chi connectivity index (χ1v) is 9.06. The lowest BCUT2D eigenvalue weighted by atomic mass is 10.1. The maximum absolute atomic E-state index is 12.8. The number of rotatable bonds is 10. The van der Waals surface area contributed by atoms with E-state index >= 15 is 0 Å². The van der Waals surface area contributed by atoms with Gasteiger partial charge in [-0.15, -0.1) is 0 Å². The molecular formula is C21H25FN2O3. The third-order valence-corrected chi connectivity index (χ3v) is 3.88. The number of hydrogen-bond donors (Lipinski definition) is 2. The molecule has 2 aromatic rings. The number of hydrogen-bond acceptors (Lipinski definition) is 3. The highest BCUT2D eigenvalue weighted by molar-refractivity contribution is 5.79. The van der Waals surface area contributed by atoms with Crippen LogP contribution in [0.1, 0.15) is 24.5 Å². The Hall–Kier alpha value is -2.89. The van der Waals surface area contributed by atoms with Gasteiger partial charge in [0.1, 0.15) is 11.6 Å². The van der Waals surface area contributed by atoms with Crippen molar-refractivity contribution in [2.45, 2.75) is 26.2 Å². The summed E-state index contributed by atoms with van der Waals surface area (Å²) in [4.78, 5) is 23.6. The Labute approximate surface area is 158 Å². The highest BCUT2D eigenvalue weighted by atomic mass is 19.1. The Morgan fingerprint density at radius 1 is 0.889 bits per heavy atom. The predicted octanol–water partition coefficient (Wildman–Crippen LogP) is 2.63. The summed E-state index contributed by atoms with van der Waals surface area (Å²) in [5.41, 5.74) is 1.97. The van der Waals surface area contributed by atoms with E-state index in [0.29, 0.717) is 18.8 Å². The van der Waals surface area contributed by atoms with Crippen LogP contribution in [0.25, 0.3) is 0 Å². The molecule has 0 aliphatic heterocycles. The fourth-order valence-electron chi connectivity index (χ4n) is 2.49. The molecule has 0 bridgehead atoms. The Morgan fingerprint density at radius 3 is 2.11 bits per heavy atom. The second-order valence-electron chi connectivity index (χ2n) is 6.19. The summed E-state index contributed by atoms with van der Waals surface area (Å²) in [7, 11) is 0. The van der Waals surface area contributed by atoms with Gasteiger partial charge in [-0.3, -0.25) is 9.59 Å². The Kier molecular flexibility index (Phi) is 8.29. The van der Waals surface area contributed by atoms with Gasteiger partial charge in [0.2, 0.25) is 5.91 Å². The molecule has 2 N–H and O–H groups in total. The van der Waals surface area contributed by atoms with Crippen molar-refractivity contribution < 1.29 is 18.7 Å². The standard InChI is InChI=1S/C21H25FN2O3/c1-2-3-16-6-10-19(11-7-16)27-15-21(26)24-13-12-23-20(25)14-17-4-8-18(22)9-5-17/h4-11H,2-3,12-15H2,1H3,(H,23,25)(H,24,26). The van der Waals surface area contributed by atoms with Crippen molar-refractivity contribution in [1.29, 1.82) is 0 Å². The van der Waals surface area contributed by atoms with E-state index in [-0.39, 0.29) is 30.7 Å². The normalized spacial score (nSPS) is 10.3. The van der Waals surface area contributed by atoms with Crippen molar-refractivity contribution in [3.8, 4) is 5.75 Å². The number of amides is 2. The van der Waals surface area contributed by atoms with Crippen LogP contribution >= 0.6 is 0 Å². The van der Waals surface area contributed by atoms with Gasteiger partial charge in [0.05, 0.1) is 6.42 Å². The first-order valence-electron chi connectivity index (χ1n) is 9.06. The van der Waals surface area contributed by atoms with Gasteiger partial charge in [-0.05, 0) is 41.8 Å². The van der Waals surface area contributed by atoms with Crippen LogP contribution in [-0.2, 0) is 22.4 Å². The minimum Gasteiger partial charge on any atom is -0.484 e. The van der Waals surface area contributed by atoms with E-state index in [2.05, 4.69) is 17.6 Å². The minimum absolute atomic E-state index is 0.0728. The van der Waals surface area contributed by atoms with Crippen molar-refractivity contribution in [2.75, 3.05) is 19.7 Å². The van der Waals surface area contributed by atoms with Gasteiger partial charge in [0.15, 0.2) is 6.61 Å². The van der Waals surface area contributed by atoms with Crippen LogP contribution in [0, 0.1) is 5.82 Å². The average Bonchev–Trinajstić information content (AvgIpc) is 2.67. The monoisotopic (exact) mass is 372 g/mol. The molecule has 0 aliphatic carbocycles. The second kappa shape index (κ2) is 11.0. The van der Waals surface area contributed by atoms with Crippen LogP contribution in [0.3, 0.4) is 0 Å². The molecule has 0 unspecified atom stereocenters. The maximum atomic E-state index is 12.8. The van der Waals surface area contributed by atoms with E-state index in [9.17, 15) is 14.0 Å². The predicted molar refractivity (Wildman–Crippen MR) is 102 cm³/mol. The minimum atomic E-state index is -0.332. The van der Waals surface area contributed by atoms with Crippen molar-refractivity contribution in [1.82, 2.24) is 10.6 Å². The van der Waals surface area contributed by atoms with E-state index in [1.165, 1.54) is 17.7 Å². The van der Waals surface area contributed by atoms with Crippen LogP contribution in [0.4, 0.5) is 4.39 Å². The number of halogens is 1. The molecule has 5 nitrogen and oxygen atoms in total. The second-order valence-corrected chi connectivity index (χ2v) is 6.19. The first-order chi connectivity index (χ1) is 13.1. The van der Waals surface area contributed by atoms with E-state index < -0.39 is 0 Å². The summed E-state index contributed by atoms with van der Waals surface area (Å²) in [5, 5.41) is 5.39. The van der Waals surface area contributed by atoms with Crippen LogP contribution in [0.15, 0.2) is 48.5 Å². The highest BCUT2D eigenvalue weighted by Crippen LogP contribution is 2.13. The van der Waals surface area contributed by atoms with Gasteiger partial charge < -0.3 is 15.4 Å². The lowest BCUT2D eigenvalue weighted by Crippen LogP contribution is -2.37. The average molecular weight is 372 g/mol. The van der Waals surface area contributed by atoms with Gasteiger partial charge in [-0.25, -0.2) is 4.39 Å². The zero-order chi connectivity index (χ0) is 19.5. The van der Waals surface area contributed by atoms with Gasteiger partial charge >= 0.3 is 0 Å². The number of ether oxygens (including phenoxy) is 1. The smallest absolute Gasteiger partial charge is 0.258 e. The molecule has 2 amide bonds. The maximum Gasteiger partial charge on any atom is 0.258 e. The van der Waals surface area contributed by atoms with E-state index in [1.807, 2.05) is 24.3 Å². The summed E-state index contributed by atoms with van der Waals surface area (Å²) in [6.45, 7) is 2.68. The number of aryl methyl sites for hydroxylation is 1. The number of carbonyl (C=O) groups excluding carboxylic acids is 2. The van der Waals surface area contributed by atoms with Crippen molar-refractivity contribution in [2.24, 2.45) is 0 Å². The SMILES string of the molecule is CCCc1ccc(OCC(=O)NCCNC(=O)Cc2ccc(F)cc2)cc1. The first kappa shape index (κ1) is 20.4. The summed E-state index contributed by atoms with van der Waals surface area (Å²) < 4.78 is 18.3. The van der Waals surface area contributed by atoms with Crippen LogP contribution in [0.2, 0.25) is 0 Å². The molecule has 0 saturated carbocycles. The molecule has 0 atom stereocenters. The summed E-state index contributed by atoms with van der Waals surface area (Å²) in [6, 6.07) is 13.5. The molecule has 0 fully saturated rings. The Morgan fingerprint density at radius 2 is 1.48 bits per heavy atom. The lowest BCUT2D eigenvalue weighted by Gasteiger charge is -2.09. The van der Waals surface area contributed by atoms with Crippen LogP contribution in [-0.4, -0.2) is 31.5 Å². The molecule has 6 heteroatoms. The summed E-state index contributed by atoms with van der Waals surface area (Å²) in [5.74, 6) is -0.113. The molecule has 2 rings (SSSR count). The number of nitrogens with one attached hydrogen (secondary N) is 2. The Bertz CT molecular complexity index is 730. The van der Waals surface area contributed by atoms with Gasteiger partial charge in [-0.2, -0.15) is 0 Å².